The average molecular weight is 730 g/mol. The number of carbonyl (C=O) groups excluding carboxylic acids is 1. The minimum atomic E-state index is -0.562. The fraction of sp³-hybridized carbons (Fsp3) is 0.321. The fourth-order valence-corrected chi connectivity index (χ4v) is 5.51. The number of amides is 1. The number of benzene rings is 3. The Balaban J connectivity index is 1.59. The molecule has 0 saturated carbocycles. The molecule has 0 heterocycles. The number of nitrogens with two attached hydrogens (primary N) is 1. The zero-order valence-electron chi connectivity index (χ0n) is 21.3. The second-order valence-electron chi connectivity index (χ2n) is 9.38. The third kappa shape index (κ3) is 9.53. The molecule has 1 amide bonds. The molecule has 0 radical (unpaired) electrons. The molecule has 0 aliphatic heterocycles. The predicted molar refractivity (Wildman–Crippen MR) is 162 cm³/mol. The Bertz CT molecular complexity index is 1160. The van der Waals surface area contributed by atoms with Crippen LogP contribution in [0.3, 0.4) is 0 Å². The molecule has 1 atom stereocenters. The van der Waals surface area contributed by atoms with E-state index in [0.29, 0.717) is 25.3 Å². The van der Waals surface area contributed by atoms with E-state index in [1.807, 2.05) is 81.4 Å². The third-order valence-corrected chi connectivity index (χ3v) is 6.76. The molecule has 0 bridgehead atoms. The van der Waals surface area contributed by atoms with Gasteiger partial charge in [0.1, 0.15) is 29.5 Å². The first-order valence-electron chi connectivity index (χ1n) is 11.8. The van der Waals surface area contributed by atoms with E-state index in [1.54, 1.807) is 7.11 Å². The lowest BCUT2D eigenvalue weighted by atomic mass is 10.1. The second-order valence-corrected chi connectivity index (χ2v) is 11.7. The number of nitrogens with one attached hydrogen (secondary N) is 1. The van der Waals surface area contributed by atoms with Gasteiger partial charge in [0.2, 0.25) is 0 Å². The van der Waals surface area contributed by atoms with Gasteiger partial charge in [-0.1, -0.05) is 12.1 Å². The summed E-state index contributed by atoms with van der Waals surface area (Å²) in [5, 5.41) is 2.86. The minimum absolute atomic E-state index is 0.237. The molecule has 0 aliphatic carbocycles. The van der Waals surface area contributed by atoms with E-state index in [1.165, 1.54) is 0 Å². The van der Waals surface area contributed by atoms with Gasteiger partial charge >= 0.3 is 6.09 Å². The molecule has 3 N–H and O–H groups in total. The lowest BCUT2D eigenvalue weighted by molar-refractivity contribution is 0.0506. The molecule has 3 rings (SSSR count). The van der Waals surface area contributed by atoms with Crippen molar-refractivity contribution in [2.24, 2.45) is 5.73 Å². The van der Waals surface area contributed by atoms with Crippen LogP contribution >= 0.6 is 45.2 Å². The van der Waals surface area contributed by atoms with Crippen molar-refractivity contribution in [1.82, 2.24) is 5.32 Å². The monoisotopic (exact) mass is 730 g/mol. The SMILES string of the molecule is COc1ccc(COc2ccc(Oc3c(I)cc(C[C@@H](CN)NC(=O)OC(C)(C)C)cc3I)cc2)cc1. The van der Waals surface area contributed by atoms with Crippen molar-refractivity contribution < 1.29 is 23.7 Å². The van der Waals surface area contributed by atoms with Crippen LogP contribution in [0.5, 0.6) is 23.0 Å². The van der Waals surface area contributed by atoms with Crippen molar-refractivity contribution in [3.8, 4) is 23.0 Å². The maximum atomic E-state index is 12.1. The molecule has 0 fully saturated rings. The van der Waals surface area contributed by atoms with Gasteiger partial charge in [0.25, 0.3) is 0 Å². The van der Waals surface area contributed by atoms with Crippen molar-refractivity contribution in [2.45, 2.75) is 45.4 Å². The van der Waals surface area contributed by atoms with Gasteiger partial charge in [0, 0.05) is 12.6 Å². The number of halogens is 2. The number of hydrogen-bond acceptors (Lipinski definition) is 6. The molecule has 37 heavy (non-hydrogen) atoms. The van der Waals surface area contributed by atoms with E-state index in [2.05, 4.69) is 50.5 Å². The maximum absolute atomic E-state index is 12.1. The predicted octanol–water partition coefficient (Wildman–Crippen LogP) is 6.67. The summed E-state index contributed by atoms with van der Waals surface area (Å²) in [7, 11) is 1.65. The average Bonchev–Trinajstić information content (AvgIpc) is 2.84. The molecule has 0 aromatic heterocycles. The molecule has 198 valence electrons. The summed E-state index contributed by atoms with van der Waals surface area (Å²) in [6.45, 7) is 6.26. The highest BCUT2D eigenvalue weighted by Crippen LogP contribution is 2.34. The normalized spacial score (nSPS) is 12.0. The summed E-state index contributed by atoms with van der Waals surface area (Å²) in [4.78, 5) is 12.1. The van der Waals surface area contributed by atoms with Crippen LogP contribution in [0.2, 0.25) is 0 Å². The zero-order chi connectivity index (χ0) is 27.0. The van der Waals surface area contributed by atoms with E-state index in [9.17, 15) is 4.79 Å². The van der Waals surface area contributed by atoms with Gasteiger partial charge in [0.15, 0.2) is 5.75 Å². The van der Waals surface area contributed by atoms with Gasteiger partial charge in [0.05, 0.1) is 14.3 Å². The van der Waals surface area contributed by atoms with E-state index < -0.39 is 11.7 Å². The van der Waals surface area contributed by atoms with E-state index in [4.69, 9.17) is 24.7 Å². The second kappa shape index (κ2) is 13.5. The Kier molecular flexibility index (Phi) is 10.7. The van der Waals surface area contributed by atoms with Gasteiger partial charge in [-0.05, 0) is 132 Å². The Labute approximate surface area is 245 Å². The highest BCUT2D eigenvalue weighted by molar-refractivity contribution is 14.1. The Morgan fingerprint density at radius 1 is 0.919 bits per heavy atom. The number of methoxy groups -OCH3 is 1. The van der Waals surface area contributed by atoms with Gasteiger partial charge in [-0.2, -0.15) is 0 Å². The topological polar surface area (TPSA) is 92.0 Å². The zero-order valence-corrected chi connectivity index (χ0v) is 25.7. The maximum Gasteiger partial charge on any atom is 0.407 e. The van der Waals surface area contributed by atoms with E-state index in [-0.39, 0.29) is 6.04 Å². The van der Waals surface area contributed by atoms with E-state index in [0.717, 1.165) is 35.5 Å². The van der Waals surface area contributed by atoms with Crippen LogP contribution in [0.4, 0.5) is 4.79 Å². The number of ether oxygens (including phenoxy) is 4. The van der Waals surface area contributed by atoms with Gasteiger partial charge in [-0.15, -0.1) is 0 Å². The number of rotatable bonds is 10. The molecular weight excluding hydrogens is 698 g/mol. The quantitative estimate of drug-likeness (QED) is 0.227. The first-order valence-corrected chi connectivity index (χ1v) is 13.9. The first kappa shape index (κ1) is 29.3. The lowest BCUT2D eigenvalue weighted by Crippen LogP contribution is -2.44. The van der Waals surface area contributed by atoms with Crippen LogP contribution in [-0.2, 0) is 17.8 Å². The summed E-state index contributed by atoms with van der Waals surface area (Å²) in [6, 6.07) is 19.2. The van der Waals surface area contributed by atoms with E-state index >= 15 is 0 Å². The van der Waals surface area contributed by atoms with Crippen LogP contribution in [0.25, 0.3) is 0 Å². The summed E-state index contributed by atoms with van der Waals surface area (Å²) < 4.78 is 24.5. The fourth-order valence-electron chi connectivity index (χ4n) is 3.39. The summed E-state index contributed by atoms with van der Waals surface area (Å²) in [6.07, 6.45) is 0.117. The molecule has 0 unspecified atom stereocenters. The largest absolute Gasteiger partial charge is 0.497 e. The molecule has 7 nitrogen and oxygen atoms in total. The van der Waals surface area contributed by atoms with Crippen molar-refractivity contribution in [1.29, 1.82) is 0 Å². The summed E-state index contributed by atoms with van der Waals surface area (Å²) in [5.74, 6) is 3.07. The molecular formula is C28H32I2N2O5. The van der Waals surface area contributed by atoms with Gasteiger partial charge < -0.3 is 30.0 Å². The highest BCUT2D eigenvalue weighted by atomic mass is 127. The molecule has 9 heteroatoms. The summed E-state index contributed by atoms with van der Waals surface area (Å²) in [5.41, 5.74) is 7.45. The Morgan fingerprint density at radius 2 is 1.49 bits per heavy atom. The number of alkyl carbamates (subject to hydrolysis) is 1. The van der Waals surface area contributed by atoms with Crippen LogP contribution in [0.15, 0.2) is 60.7 Å². The summed E-state index contributed by atoms with van der Waals surface area (Å²) >= 11 is 4.53. The van der Waals surface area contributed by atoms with Crippen molar-refractivity contribution in [2.75, 3.05) is 13.7 Å². The minimum Gasteiger partial charge on any atom is -0.497 e. The molecule has 0 aliphatic rings. The van der Waals surface area contributed by atoms with Crippen molar-refractivity contribution in [3.63, 3.8) is 0 Å². The smallest absolute Gasteiger partial charge is 0.407 e. The van der Waals surface area contributed by atoms with Gasteiger partial charge in [-0.25, -0.2) is 4.79 Å². The molecule has 3 aromatic carbocycles. The van der Waals surface area contributed by atoms with Crippen LogP contribution < -0.4 is 25.3 Å². The molecule has 0 saturated heterocycles. The third-order valence-electron chi connectivity index (χ3n) is 5.15. The standard InChI is InChI=1S/C28H32I2N2O5/c1-28(2,3)37-27(33)32-20(16-31)13-19-14-24(29)26(25(30)15-19)36-23-11-9-22(10-12-23)35-17-18-5-7-21(34-4)8-6-18/h5-12,14-15,20H,13,16-17,31H2,1-4H3,(H,32,33)/t20-/m0/s1. The van der Waals surface area contributed by atoms with Crippen LogP contribution in [-0.4, -0.2) is 31.4 Å². The van der Waals surface area contributed by atoms with Crippen molar-refractivity contribution >= 4 is 51.3 Å². The van der Waals surface area contributed by atoms with Crippen molar-refractivity contribution in [3.05, 3.63) is 78.9 Å². The number of hydrogen-bond donors (Lipinski definition) is 2. The highest BCUT2D eigenvalue weighted by Gasteiger charge is 2.20. The van der Waals surface area contributed by atoms with Gasteiger partial charge in [-0.3, -0.25) is 0 Å². The number of carbonyl (C=O) groups is 1. The Hall–Kier alpha value is -2.25. The molecule has 3 aromatic rings. The Morgan fingerprint density at radius 3 is 2.03 bits per heavy atom. The van der Waals surface area contributed by atoms with Crippen LogP contribution in [0.1, 0.15) is 31.9 Å². The lowest BCUT2D eigenvalue weighted by Gasteiger charge is -2.23. The van der Waals surface area contributed by atoms with Crippen LogP contribution in [0, 0.1) is 7.14 Å². The molecule has 0 spiro atoms. The first-order chi connectivity index (χ1) is 17.6.